The van der Waals surface area contributed by atoms with Crippen molar-refractivity contribution in [3.05, 3.63) is 59.4 Å². The summed E-state index contributed by atoms with van der Waals surface area (Å²) in [5.74, 6) is -5.95. The zero-order valence-corrected chi connectivity index (χ0v) is 17.4. The lowest BCUT2D eigenvalue weighted by atomic mass is 9.68. The van der Waals surface area contributed by atoms with Gasteiger partial charge in [-0.2, -0.15) is 0 Å². The smallest absolute Gasteiger partial charge is 0.252 e. The maximum atomic E-state index is 14.5. The molecule has 2 aliphatic carbocycles. The Morgan fingerprint density at radius 1 is 1.06 bits per heavy atom. The normalized spacial score (nSPS) is 23.1. The van der Waals surface area contributed by atoms with Gasteiger partial charge >= 0.3 is 0 Å². The number of aliphatic hydroxyl groups is 1. The average Bonchev–Trinajstić information content (AvgIpc) is 3.05. The first-order valence-electron chi connectivity index (χ1n) is 10.7. The van der Waals surface area contributed by atoms with E-state index in [4.69, 9.17) is 0 Å². The lowest BCUT2D eigenvalue weighted by Gasteiger charge is -2.48. The maximum absolute atomic E-state index is 14.5. The van der Waals surface area contributed by atoms with Gasteiger partial charge in [-0.3, -0.25) is 4.79 Å². The minimum atomic E-state index is -2.90. The first-order valence-corrected chi connectivity index (χ1v) is 10.7. The highest BCUT2D eigenvalue weighted by molar-refractivity contribution is 5.92. The van der Waals surface area contributed by atoms with Crippen molar-refractivity contribution in [1.82, 2.24) is 10.3 Å². The summed E-state index contributed by atoms with van der Waals surface area (Å²) >= 11 is 0. The third kappa shape index (κ3) is 3.78. The number of aromatic amines is 1. The summed E-state index contributed by atoms with van der Waals surface area (Å²) in [6.07, 6.45) is -0.506. The summed E-state index contributed by atoms with van der Waals surface area (Å²) in [4.78, 5) is 15.6. The Bertz CT molecular complexity index is 1220. The largest absolute Gasteiger partial charge is 0.394 e. The number of rotatable bonds is 5. The highest BCUT2D eigenvalue weighted by atomic mass is 19.3. The molecule has 0 aliphatic heterocycles. The second-order valence-corrected chi connectivity index (χ2v) is 9.23. The van der Waals surface area contributed by atoms with Gasteiger partial charge in [-0.25, -0.2) is 22.0 Å². The van der Waals surface area contributed by atoms with Gasteiger partial charge in [0.05, 0.1) is 23.4 Å². The molecule has 2 aromatic carbocycles. The van der Waals surface area contributed by atoms with Crippen LogP contribution in [0.2, 0.25) is 0 Å². The average molecular weight is 464 g/mol. The van der Waals surface area contributed by atoms with Crippen LogP contribution in [0.25, 0.3) is 22.2 Å². The number of aliphatic hydroxyl groups excluding tert-OH is 1. The molecule has 3 aromatic rings. The SMILES string of the molecule is O=C(NC1(CO)CC(F)(F)C1)C1CC(c2c(-c3ccc(F)cc3)[nH]c3c(F)cc(F)cc23)C1. The van der Waals surface area contributed by atoms with E-state index in [0.717, 1.165) is 6.07 Å². The molecule has 2 aliphatic rings. The molecule has 0 unspecified atom stereocenters. The second-order valence-electron chi connectivity index (χ2n) is 9.23. The van der Waals surface area contributed by atoms with Crippen molar-refractivity contribution in [2.75, 3.05) is 6.61 Å². The predicted molar refractivity (Wildman–Crippen MR) is 111 cm³/mol. The number of alkyl halides is 2. The number of hydrogen-bond acceptors (Lipinski definition) is 2. The van der Waals surface area contributed by atoms with E-state index in [1.807, 2.05) is 0 Å². The first-order chi connectivity index (χ1) is 15.6. The number of halogens is 5. The molecule has 0 bridgehead atoms. The molecule has 4 nitrogen and oxygen atoms in total. The van der Waals surface area contributed by atoms with Crippen molar-refractivity contribution in [1.29, 1.82) is 0 Å². The van der Waals surface area contributed by atoms with E-state index in [2.05, 4.69) is 10.3 Å². The van der Waals surface area contributed by atoms with Crippen LogP contribution in [0.3, 0.4) is 0 Å². The van der Waals surface area contributed by atoms with Crippen LogP contribution in [-0.2, 0) is 4.79 Å². The molecule has 174 valence electrons. The Kier molecular flexibility index (Phi) is 5.00. The second kappa shape index (κ2) is 7.55. The molecule has 2 fully saturated rings. The number of nitrogens with one attached hydrogen (secondary N) is 2. The summed E-state index contributed by atoms with van der Waals surface area (Å²) in [7, 11) is 0. The number of amides is 1. The van der Waals surface area contributed by atoms with Crippen molar-refractivity contribution in [2.24, 2.45) is 5.92 Å². The minimum absolute atomic E-state index is 0.120. The van der Waals surface area contributed by atoms with Gasteiger partial charge < -0.3 is 15.4 Å². The summed E-state index contributed by atoms with van der Waals surface area (Å²) in [5, 5.41) is 12.4. The highest BCUT2D eigenvalue weighted by Crippen LogP contribution is 2.50. The van der Waals surface area contributed by atoms with Crippen molar-refractivity contribution in [3.8, 4) is 11.3 Å². The van der Waals surface area contributed by atoms with Crippen molar-refractivity contribution in [2.45, 2.75) is 43.1 Å². The number of carbonyl (C=O) groups is 1. The van der Waals surface area contributed by atoms with Crippen molar-refractivity contribution in [3.63, 3.8) is 0 Å². The summed E-state index contributed by atoms with van der Waals surface area (Å²) in [6.45, 7) is -0.569. The van der Waals surface area contributed by atoms with E-state index in [1.165, 1.54) is 30.3 Å². The van der Waals surface area contributed by atoms with Crippen LogP contribution in [0.5, 0.6) is 0 Å². The van der Waals surface area contributed by atoms with Gasteiger partial charge in [-0.1, -0.05) is 0 Å². The number of benzene rings is 2. The van der Waals surface area contributed by atoms with Crippen LogP contribution in [-0.4, -0.2) is 34.1 Å². The summed E-state index contributed by atoms with van der Waals surface area (Å²) in [6, 6.07) is 7.59. The van der Waals surface area contributed by atoms with Crippen molar-refractivity contribution >= 4 is 16.8 Å². The third-order valence-corrected chi connectivity index (χ3v) is 6.80. The molecule has 0 spiro atoms. The number of H-pyrrole nitrogens is 1. The highest BCUT2D eigenvalue weighted by Gasteiger charge is 2.57. The predicted octanol–water partition coefficient (Wildman–Crippen LogP) is 5.02. The van der Waals surface area contributed by atoms with Gasteiger partial charge in [-0.05, 0) is 60.2 Å². The van der Waals surface area contributed by atoms with Gasteiger partial charge in [0.15, 0.2) is 0 Å². The van der Waals surface area contributed by atoms with E-state index >= 15 is 0 Å². The van der Waals surface area contributed by atoms with E-state index in [0.29, 0.717) is 35.0 Å². The van der Waals surface area contributed by atoms with Crippen LogP contribution < -0.4 is 5.32 Å². The molecule has 1 aromatic heterocycles. The first kappa shape index (κ1) is 21.9. The number of hydrogen-bond donors (Lipinski definition) is 3. The topological polar surface area (TPSA) is 65.1 Å². The quantitative estimate of drug-likeness (QED) is 0.464. The van der Waals surface area contributed by atoms with Crippen LogP contribution in [0, 0.1) is 23.4 Å². The fraction of sp³-hybridized carbons (Fsp3) is 0.375. The molecule has 3 N–H and O–H groups in total. The molecule has 0 saturated heterocycles. The Labute approximate surface area is 185 Å². The standard InChI is InChI=1S/C24H21F5N2O2/c25-15-3-1-12(2-4-15)20-19(17-7-16(26)8-18(27)21(17)30-20)13-5-14(6-13)22(33)31-23(11-32)9-24(28,29)10-23/h1-4,7-8,13-14,30,32H,5-6,9-11H2,(H,31,33). The van der Waals surface area contributed by atoms with Crippen LogP contribution in [0.4, 0.5) is 22.0 Å². The van der Waals surface area contributed by atoms with Crippen LogP contribution in [0.1, 0.15) is 37.2 Å². The van der Waals surface area contributed by atoms with Gasteiger partial charge in [-0.15, -0.1) is 0 Å². The lowest BCUT2D eigenvalue weighted by Crippen LogP contribution is -2.65. The fourth-order valence-electron chi connectivity index (χ4n) is 5.12. The Hall–Kier alpha value is -2.94. The van der Waals surface area contributed by atoms with E-state index in [-0.39, 0.29) is 11.4 Å². The third-order valence-electron chi connectivity index (χ3n) is 6.80. The maximum Gasteiger partial charge on any atom is 0.252 e. The lowest BCUT2D eigenvalue weighted by molar-refractivity contribution is -0.159. The summed E-state index contributed by atoms with van der Waals surface area (Å²) in [5.41, 5.74) is 0.550. The number of fused-ring (bicyclic) bond motifs is 1. The number of carbonyl (C=O) groups excluding carboxylic acids is 1. The molecule has 1 amide bonds. The zero-order valence-electron chi connectivity index (χ0n) is 17.4. The molecule has 33 heavy (non-hydrogen) atoms. The molecule has 0 atom stereocenters. The van der Waals surface area contributed by atoms with Crippen molar-refractivity contribution < 1.29 is 31.9 Å². The fourth-order valence-corrected chi connectivity index (χ4v) is 5.12. The van der Waals surface area contributed by atoms with E-state index in [9.17, 15) is 31.9 Å². The van der Waals surface area contributed by atoms with Crippen LogP contribution >= 0.6 is 0 Å². The monoisotopic (exact) mass is 464 g/mol. The van der Waals surface area contributed by atoms with Crippen LogP contribution in [0.15, 0.2) is 36.4 Å². The zero-order chi connectivity index (χ0) is 23.5. The van der Waals surface area contributed by atoms with E-state index < -0.39 is 60.2 Å². The van der Waals surface area contributed by atoms with Gasteiger partial charge in [0.1, 0.15) is 17.5 Å². The number of aromatic nitrogens is 1. The Balaban J connectivity index is 1.42. The molecular weight excluding hydrogens is 443 g/mol. The molecular formula is C24H21F5N2O2. The van der Waals surface area contributed by atoms with Gasteiger partial charge in [0, 0.05) is 30.2 Å². The molecule has 0 radical (unpaired) electrons. The molecule has 2 saturated carbocycles. The summed E-state index contributed by atoms with van der Waals surface area (Å²) < 4.78 is 68.5. The molecule has 5 rings (SSSR count). The van der Waals surface area contributed by atoms with Gasteiger partial charge in [0.2, 0.25) is 5.91 Å². The molecule has 9 heteroatoms. The minimum Gasteiger partial charge on any atom is -0.394 e. The molecule has 1 heterocycles. The van der Waals surface area contributed by atoms with Gasteiger partial charge in [0.25, 0.3) is 5.92 Å². The van der Waals surface area contributed by atoms with E-state index in [1.54, 1.807) is 0 Å². The Morgan fingerprint density at radius 3 is 2.33 bits per heavy atom. The Morgan fingerprint density at radius 2 is 1.73 bits per heavy atom.